The van der Waals surface area contributed by atoms with Crippen LogP contribution in [0.25, 0.3) is 0 Å². The van der Waals surface area contributed by atoms with E-state index in [0.717, 1.165) is 18.2 Å². The summed E-state index contributed by atoms with van der Waals surface area (Å²) in [6.07, 6.45) is 0. The minimum atomic E-state index is -3.88. The van der Waals surface area contributed by atoms with Crippen molar-refractivity contribution < 1.29 is 27.1 Å². The van der Waals surface area contributed by atoms with Crippen molar-refractivity contribution in [2.75, 3.05) is 13.7 Å². The van der Waals surface area contributed by atoms with Crippen molar-refractivity contribution in [3.63, 3.8) is 0 Å². The lowest BCUT2D eigenvalue weighted by atomic mass is 10.1. The SMILES string of the molecule is CNC(=O)COC(=O)c1ccc(CNS(=O)(=O)c2ccc(F)c(Cl)c2)cc1. The summed E-state index contributed by atoms with van der Waals surface area (Å²) in [5.41, 5.74) is 0.797. The molecule has 0 aliphatic carbocycles. The highest BCUT2D eigenvalue weighted by atomic mass is 35.5. The molecule has 0 fully saturated rings. The van der Waals surface area contributed by atoms with E-state index in [9.17, 15) is 22.4 Å². The number of likely N-dealkylation sites (N-methyl/N-ethyl adjacent to an activating group) is 1. The minimum Gasteiger partial charge on any atom is -0.452 e. The number of esters is 1. The summed E-state index contributed by atoms with van der Waals surface area (Å²) in [5, 5.41) is 2.03. The molecule has 2 rings (SSSR count). The predicted molar refractivity (Wildman–Crippen MR) is 96.2 cm³/mol. The van der Waals surface area contributed by atoms with Gasteiger partial charge in [-0.3, -0.25) is 4.79 Å². The van der Waals surface area contributed by atoms with Gasteiger partial charge < -0.3 is 10.1 Å². The quantitative estimate of drug-likeness (QED) is 0.673. The summed E-state index contributed by atoms with van der Waals surface area (Å²) in [5.74, 6) is -1.82. The number of ether oxygens (including phenoxy) is 1. The lowest BCUT2D eigenvalue weighted by Gasteiger charge is -2.08. The number of amides is 1. The van der Waals surface area contributed by atoms with E-state index >= 15 is 0 Å². The van der Waals surface area contributed by atoms with Gasteiger partial charge in [-0.15, -0.1) is 0 Å². The monoisotopic (exact) mass is 414 g/mol. The third-order valence-corrected chi connectivity index (χ3v) is 5.16. The molecule has 0 aromatic heterocycles. The maximum absolute atomic E-state index is 13.2. The van der Waals surface area contributed by atoms with Gasteiger partial charge in [-0.2, -0.15) is 0 Å². The van der Waals surface area contributed by atoms with Crippen LogP contribution in [0.1, 0.15) is 15.9 Å². The van der Waals surface area contributed by atoms with E-state index in [4.69, 9.17) is 16.3 Å². The van der Waals surface area contributed by atoms with Crippen molar-refractivity contribution in [3.8, 4) is 0 Å². The molecule has 0 saturated heterocycles. The Morgan fingerprint density at radius 1 is 1.15 bits per heavy atom. The van der Waals surface area contributed by atoms with Crippen LogP contribution in [-0.4, -0.2) is 33.9 Å². The normalized spacial score (nSPS) is 11.1. The molecule has 2 N–H and O–H groups in total. The van der Waals surface area contributed by atoms with E-state index < -0.39 is 34.3 Å². The van der Waals surface area contributed by atoms with Crippen LogP contribution in [-0.2, 0) is 26.1 Å². The smallest absolute Gasteiger partial charge is 0.338 e. The summed E-state index contributed by atoms with van der Waals surface area (Å²) in [6, 6.07) is 9.07. The van der Waals surface area contributed by atoms with Crippen LogP contribution in [0.5, 0.6) is 0 Å². The average Bonchev–Trinajstić information content (AvgIpc) is 2.66. The van der Waals surface area contributed by atoms with Crippen LogP contribution in [0.3, 0.4) is 0 Å². The fourth-order valence-corrected chi connectivity index (χ4v) is 3.24. The van der Waals surface area contributed by atoms with Gasteiger partial charge in [-0.25, -0.2) is 22.3 Å². The molecule has 0 aliphatic rings. The summed E-state index contributed by atoms with van der Waals surface area (Å²) >= 11 is 5.60. The van der Waals surface area contributed by atoms with Crippen LogP contribution in [0, 0.1) is 5.82 Å². The van der Waals surface area contributed by atoms with E-state index in [0.29, 0.717) is 5.56 Å². The van der Waals surface area contributed by atoms with Crippen molar-refractivity contribution in [2.24, 2.45) is 0 Å². The zero-order chi connectivity index (χ0) is 20.0. The first-order valence-corrected chi connectivity index (χ1v) is 9.50. The molecule has 0 atom stereocenters. The van der Waals surface area contributed by atoms with Crippen LogP contribution in [0.15, 0.2) is 47.4 Å². The summed E-state index contributed by atoms with van der Waals surface area (Å²) in [6.45, 7) is -0.442. The van der Waals surface area contributed by atoms with Crippen LogP contribution >= 0.6 is 11.6 Å². The molecule has 7 nitrogen and oxygen atoms in total. The first-order valence-electron chi connectivity index (χ1n) is 7.64. The molecule has 2 aromatic rings. The lowest BCUT2D eigenvalue weighted by Crippen LogP contribution is -2.25. The van der Waals surface area contributed by atoms with Gasteiger partial charge in [0.2, 0.25) is 10.0 Å². The molecule has 27 heavy (non-hydrogen) atoms. The van der Waals surface area contributed by atoms with E-state index in [1.54, 1.807) is 0 Å². The fourth-order valence-electron chi connectivity index (χ4n) is 1.95. The second-order valence-electron chi connectivity index (χ2n) is 5.35. The van der Waals surface area contributed by atoms with Gasteiger partial charge in [-0.1, -0.05) is 23.7 Å². The van der Waals surface area contributed by atoms with E-state index in [2.05, 4.69) is 10.0 Å². The van der Waals surface area contributed by atoms with Gasteiger partial charge in [0.25, 0.3) is 5.91 Å². The highest BCUT2D eigenvalue weighted by molar-refractivity contribution is 7.89. The molecule has 2 aromatic carbocycles. The molecule has 0 unspecified atom stereocenters. The van der Waals surface area contributed by atoms with Gasteiger partial charge in [-0.05, 0) is 35.9 Å². The first kappa shape index (κ1) is 20.8. The molecule has 10 heteroatoms. The number of rotatable bonds is 7. The van der Waals surface area contributed by atoms with Crippen molar-refractivity contribution in [1.29, 1.82) is 0 Å². The summed E-state index contributed by atoms with van der Waals surface area (Å²) < 4.78 is 44.8. The van der Waals surface area contributed by atoms with Crippen LogP contribution < -0.4 is 10.0 Å². The van der Waals surface area contributed by atoms with E-state index in [1.165, 1.54) is 31.3 Å². The fraction of sp³-hybridized carbons (Fsp3) is 0.176. The average molecular weight is 415 g/mol. The maximum Gasteiger partial charge on any atom is 0.338 e. The van der Waals surface area contributed by atoms with E-state index in [-0.39, 0.29) is 22.0 Å². The Morgan fingerprint density at radius 3 is 2.41 bits per heavy atom. The molecule has 0 spiro atoms. The van der Waals surface area contributed by atoms with Gasteiger partial charge in [0.1, 0.15) is 5.82 Å². The topological polar surface area (TPSA) is 102 Å². The third kappa shape index (κ3) is 5.75. The van der Waals surface area contributed by atoms with Crippen LogP contribution in [0.2, 0.25) is 5.02 Å². The maximum atomic E-state index is 13.2. The molecule has 0 bridgehead atoms. The molecule has 1 amide bonds. The number of benzene rings is 2. The molecule has 144 valence electrons. The van der Waals surface area contributed by atoms with E-state index in [1.807, 2.05) is 0 Å². The zero-order valence-corrected chi connectivity index (χ0v) is 15.7. The number of carbonyl (C=O) groups is 2. The molecule has 0 saturated carbocycles. The van der Waals surface area contributed by atoms with Gasteiger partial charge >= 0.3 is 5.97 Å². The zero-order valence-electron chi connectivity index (χ0n) is 14.2. The van der Waals surface area contributed by atoms with Crippen LogP contribution in [0.4, 0.5) is 4.39 Å². The highest BCUT2D eigenvalue weighted by Gasteiger charge is 2.16. The molecule has 0 radical (unpaired) electrons. The Balaban J connectivity index is 1.99. The Bertz CT molecular complexity index is 948. The number of carbonyl (C=O) groups excluding carboxylic acids is 2. The highest BCUT2D eigenvalue weighted by Crippen LogP contribution is 2.19. The van der Waals surface area contributed by atoms with Crippen molar-refractivity contribution in [1.82, 2.24) is 10.0 Å². The second kappa shape index (κ2) is 8.94. The number of hydrogen-bond donors (Lipinski definition) is 2. The number of sulfonamides is 1. The Labute approximate surface area is 160 Å². The predicted octanol–water partition coefficient (Wildman–Crippen LogP) is 1.86. The molecular weight excluding hydrogens is 399 g/mol. The molecule has 0 aliphatic heterocycles. The largest absolute Gasteiger partial charge is 0.452 e. The number of halogens is 2. The van der Waals surface area contributed by atoms with Gasteiger partial charge in [0, 0.05) is 13.6 Å². The summed E-state index contributed by atoms with van der Waals surface area (Å²) in [7, 11) is -2.46. The van der Waals surface area contributed by atoms with Crippen molar-refractivity contribution >= 4 is 33.5 Å². The Kier molecular flexibility index (Phi) is 6.89. The lowest BCUT2D eigenvalue weighted by molar-refractivity contribution is -0.123. The standard InChI is InChI=1S/C17H16ClFN2O5S/c1-20-16(22)10-26-17(23)12-4-2-11(3-5-12)9-21-27(24,25)13-6-7-15(19)14(18)8-13/h2-8,21H,9-10H2,1H3,(H,20,22). The number of nitrogens with one attached hydrogen (secondary N) is 2. The second-order valence-corrected chi connectivity index (χ2v) is 7.52. The molecule has 0 heterocycles. The Hall–Kier alpha value is -2.49. The van der Waals surface area contributed by atoms with Crippen molar-refractivity contribution in [2.45, 2.75) is 11.4 Å². The molecular formula is C17H16ClFN2O5S. The number of hydrogen-bond acceptors (Lipinski definition) is 5. The summed E-state index contributed by atoms with van der Waals surface area (Å²) in [4.78, 5) is 22.7. The van der Waals surface area contributed by atoms with Gasteiger partial charge in [0.15, 0.2) is 6.61 Å². The third-order valence-electron chi connectivity index (χ3n) is 3.47. The minimum absolute atomic E-state index is 0.0507. The first-order chi connectivity index (χ1) is 12.7. The van der Waals surface area contributed by atoms with Gasteiger partial charge in [0.05, 0.1) is 15.5 Å². The Morgan fingerprint density at radius 2 is 1.81 bits per heavy atom. The van der Waals surface area contributed by atoms with Crippen molar-refractivity contribution in [3.05, 3.63) is 64.4 Å².